The van der Waals surface area contributed by atoms with Crippen molar-refractivity contribution in [2.75, 3.05) is 13.7 Å². The molecule has 202 valence electrons. The van der Waals surface area contributed by atoms with Gasteiger partial charge in [0.05, 0.1) is 13.0 Å². The Morgan fingerprint density at radius 2 is 1.71 bits per heavy atom. The van der Waals surface area contributed by atoms with Crippen molar-refractivity contribution >= 4 is 5.97 Å². The van der Waals surface area contributed by atoms with E-state index in [1.54, 1.807) is 0 Å². The van der Waals surface area contributed by atoms with Gasteiger partial charge in [-0.25, -0.2) is 0 Å². The number of nitrogens with zero attached hydrogens (tertiary/aromatic N) is 1. The van der Waals surface area contributed by atoms with Crippen LogP contribution in [0.4, 0.5) is 0 Å². The molecule has 0 spiro atoms. The van der Waals surface area contributed by atoms with Crippen molar-refractivity contribution in [3.63, 3.8) is 0 Å². The first kappa shape index (κ1) is 28.8. The third-order valence-corrected chi connectivity index (χ3v) is 7.04. The Labute approximate surface area is 228 Å². The predicted molar refractivity (Wildman–Crippen MR) is 156 cm³/mol. The van der Waals surface area contributed by atoms with Gasteiger partial charge >= 0.3 is 5.97 Å². The highest BCUT2D eigenvalue weighted by molar-refractivity contribution is 5.68. The number of carbonyl (C=O) groups is 1. The highest BCUT2D eigenvalue weighted by Gasteiger charge is 2.27. The Kier molecular flexibility index (Phi) is 10.0. The van der Waals surface area contributed by atoms with Gasteiger partial charge < -0.3 is 20.1 Å². The van der Waals surface area contributed by atoms with Crippen molar-refractivity contribution < 1.29 is 14.6 Å². The van der Waals surface area contributed by atoms with Crippen molar-refractivity contribution in [1.29, 1.82) is 0 Å². The van der Waals surface area contributed by atoms with Crippen LogP contribution in [0.2, 0.25) is 0 Å². The average molecular weight is 515 g/mol. The van der Waals surface area contributed by atoms with Crippen LogP contribution in [0.1, 0.15) is 74.9 Å². The van der Waals surface area contributed by atoms with E-state index in [1.807, 2.05) is 45.9 Å². The minimum Gasteiger partial charge on any atom is -0.493 e. The summed E-state index contributed by atoms with van der Waals surface area (Å²) in [6.07, 6.45) is 1.02. The van der Waals surface area contributed by atoms with E-state index in [9.17, 15) is 4.79 Å². The number of rotatable bonds is 9. The lowest BCUT2D eigenvalue weighted by Crippen LogP contribution is -2.26. The quantitative estimate of drug-likeness (QED) is 0.305. The molecular formula is C33H42N2O3. The summed E-state index contributed by atoms with van der Waals surface area (Å²) in [5.41, 5.74) is 9.48. The molecule has 2 N–H and O–H groups in total. The monoisotopic (exact) mass is 514 g/mol. The molecule has 0 saturated heterocycles. The number of ether oxygens (including phenoxy) is 1. The third kappa shape index (κ3) is 6.97. The molecule has 0 aliphatic carbocycles. The second-order valence-corrected chi connectivity index (χ2v) is 9.84. The lowest BCUT2D eigenvalue weighted by molar-refractivity contribution is -0.137. The summed E-state index contributed by atoms with van der Waals surface area (Å²) in [6.45, 7) is 12.8. The number of hydrogen-bond acceptors (Lipinski definition) is 4. The lowest BCUT2D eigenvalue weighted by Gasteiger charge is -2.25. The van der Waals surface area contributed by atoms with Gasteiger partial charge in [-0.1, -0.05) is 80.9 Å². The Morgan fingerprint density at radius 1 is 1.00 bits per heavy atom. The molecule has 3 aromatic carbocycles. The predicted octanol–water partition coefficient (Wildman–Crippen LogP) is 7.81. The molecular weight excluding hydrogens is 472 g/mol. The lowest BCUT2D eigenvalue weighted by atomic mass is 9.94. The molecule has 38 heavy (non-hydrogen) atoms. The summed E-state index contributed by atoms with van der Waals surface area (Å²) in [5, 5.41) is 12.7. The molecule has 2 unspecified atom stereocenters. The van der Waals surface area contributed by atoms with Crippen LogP contribution in [-0.4, -0.2) is 29.6 Å². The maximum absolute atomic E-state index is 11.0. The van der Waals surface area contributed by atoms with E-state index in [0.717, 1.165) is 23.3 Å². The van der Waals surface area contributed by atoms with Gasteiger partial charge in [-0.2, -0.15) is 0 Å². The fourth-order valence-electron chi connectivity index (χ4n) is 5.09. The zero-order valence-electron chi connectivity index (χ0n) is 23.8. The van der Waals surface area contributed by atoms with Crippen molar-refractivity contribution in [2.45, 2.75) is 66.5 Å². The normalized spacial score (nSPS) is 15.4. The summed E-state index contributed by atoms with van der Waals surface area (Å²) >= 11 is 0. The molecule has 1 aliphatic rings. The van der Waals surface area contributed by atoms with Crippen LogP contribution >= 0.6 is 0 Å². The van der Waals surface area contributed by atoms with E-state index >= 15 is 0 Å². The highest BCUT2D eigenvalue weighted by atomic mass is 16.5. The molecule has 5 nitrogen and oxygen atoms in total. The van der Waals surface area contributed by atoms with Crippen LogP contribution in [-0.2, 0) is 4.79 Å². The van der Waals surface area contributed by atoms with Gasteiger partial charge in [0.1, 0.15) is 11.9 Å². The van der Waals surface area contributed by atoms with E-state index < -0.39 is 5.97 Å². The molecule has 3 aromatic rings. The maximum Gasteiger partial charge on any atom is 0.303 e. The smallest absolute Gasteiger partial charge is 0.303 e. The topological polar surface area (TPSA) is 61.8 Å². The van der Waals surface area contributed by atoms with Gasteiger partial charge in [-0.05, 0) is 66.6 Å². The van der Waals surface area contributed by atoms with Gasteiger partial charge in [0, 0.05) is 24.9 Å². The van der Waals surface area contributed by atoms with Gasteiger partial charge in [0.25, 0.3) is 0 Å². The number of allylic oxidation sites excluding steroid dienone is 1. The fraction of sp³-hybridized carbons (Fsp3) is 0.364. The summed E-state index contributed by atoms with van der Waals surface area (Å²) in [4.78, 5) is 13.3. The Morgan fingerprint density at radius 3 is 2.34 bits per heavy atom. The molecule has 0 radical (unpaired) electrons. The summed E-state index contributed by atoms with van der Waals surface area (Å²) < 4.78 is 6.07. The van der Waals surface area contributed by atoms with Crippen molar-refractivity contribution in [1.82, 2.24) is 10.2 Å². The number of nitrogens with one attached hydrogen (secondary N) is 1. The zero-order valence-corrected chi connectivity index (χ0v) is 23.8. The van der Waals surface area contributed by atoms with E-state index in [2.05, 4.69) is 79.6 Å². The molecule has 2 atom stereocenters. The molecule has 5 heteroatoms. The van der Waals surface area contributed by atoms with Crippen molar-refractivity contribution in [3.05, 3.63) is 100 Å². The first-order valence-electron chi connectivity index (χ1n) is 13.5. The van der Waals surface area contributed by atoms with E-state index in [4.69, 9.17) is 9.84 Å². The van der Waals surface area contributed by atoms with Crippen LogP contribution < -0.4 is 10.1 Å². The van der Waals surface area contributed by atoms with Crippen LogP contribution in [0, 0.1) is 13.8 Å². The number of carboxylic acid groups (broad SMARTS) is 1. The number of carboxylic acids is 1. The highest BCUT2D eigenvalue weighted by Crippen LogP contribution is 2.32. The van der Waals surface area contributed by atoms with Crippen LogP contribution in [0.3, 0.4) is 0 Å². The van der Waals surface area contributed by atoms with Gasteiger partial charge in [-0.3, -0.25) is 4.79 Å². The SMILES string of the molecule is CC.CC1=C(CCOc2ccc(C(C)CC(=O)O)c(C)c2)N(C)C(c2ccc(-c3cccc(C)c3)cc2)N1. The average Bonchev–Trinajstić information content (AvgIpc) is 3.18. The molecule has 1 aliphatic heterocycles. The van der Waals surface area contributed by atoms with Gasteiger partial charge in [0.15, 0.2) is 0 Å². The Balaban J connectivity index is 0.00000195. The number of benzene rings is 3. The first-order chi connectivity index (χ1) is 18.2. The van der Waals surface area contributed by atoms with Crippen LogP contribution in [0.5, 0.6) is 5.75 Å². The standard InChI is InChI=1S/C31H36N2O3.C2H6/c1-20-7-6-8-26(17-20)24-9-11-25(12-10-24)31-32-23(4)29(33(31)5)15-16-36-27-13-14-28(21(2)18-27)22(3)19-30(34)35;1-2/h6-14,17-18,22,31-32H,15-16,19H2,1-5H3,(H,34,35);1-2H3. The van der Waals surface area contributed by atoms with Crippen molar-refractivity contribution in [2.24, 2.45) is 0 Å². The largest absolute Gasteiger partial charge is 0.493 e. The molecule has 0 aromatic heterocycles. The van der Waals surface area contributed by atoms with E-state index in [0.29, 0.717) is 6.61 Å². The number of hydrogen-bond donors (Lipinski definition) is 2. The summed E-state index contributed by atoms with van der Waals surface area (Å²) in [7, 11) is 2.13. The van der Waals surface area contributed by atoms with E-state index in [-0.39, 0.29) is 18.5 Å². The van der Waals surface area contributed by atoms with Crippen molar-refractivity contribution in [3.8, 4) is 16.9 Å². The van der Waals surface area contributed by atoms with Crippen LogP contribution in [0.15, 0.2) is 78.1 Å². The third-order valence-electron chi connectivity index (χ3n) is 7.04. The zero-order chi connectivity index (χ0) is 27.8. The second kappa shape index (κ2) is 13.2. The molecule has 1 heterocycles. The summed E-state index contributed by atoms with van der Waals surface area (Å²) in [6, 6.07) is 23.3. The Hall–Kier alpha value is -3.73. The van der Waals surface area contributed by atoms with E-state index in [1.165, 1.54) is 33.6 Å². The molecule has 0 amide bonds. The minimum absolute atomic E-state index is 0.0228. The molecule has 0 fully saturated rings. The first-order valence-corrected chi connectivity index (χ1v) is 13.5. The minimum atomic E-state index is -0.777. The molecule has 0 saturated carbocycles. The maximum atomic E-state index is 11.0. The Bertz CT molecular complexity index is 1260. The fourth-order valence-corrected chi connectivity index (χ4v) is 5.09. The number of aliphatic carboxylic acids is 1. The summed E-state index contributed by atoms with van der Waals surface area (Å²) in [5.74, 6) is 0.0139. The number of aryl methyl sites for hydroxylation is 2. The van der Waals surface area contributed by atoms with Gasteiger partial charge in [0.2, 0.25) is 0 Å². The van der Waals surface area contributed by atoms with Gasteiger partial charge in [-0.15, -0.1) is 0 Å². The molecule has 4 rings (SSSR count). The van der Waals surface area contributed by atoms with Crippen LogP contribution in [0.25, 0.3) is 11.1 Å². The second-order valence-electron chi connectivity index (χ2n) is 9.84. The molecule has 0 bridgehead atoms.